The van der Waals surface area contributed by atoms with Gasteiger partial charge in [-0.05, 0) is 37.3 Å². The molecule has 1 fully saturated rings. The second-order valence-corrected chi connectivity index (χ2v) is 7.09. The van der Waals surface area contributed by atoms with Crippen LogP contribution < -0.4 is 10.6 Å². The summed E-state index contributed by atoms with van der Waals surface area (Å²) in [4.78, 5) is 25.8. The third kappa shape index (κ3) is 2.87. The van der Waals surface area contributed by atoms with Gasteiger partial charge >= 0.3 is 6.03 Å². The third-order valence-corrected chi connectivity index (χ3v) is 5.66. The molecule has 1 aromatic rings. The Kier molecular flexibility index (Phi) is 4.52. The summed E-state index contributed by atoms with van der Waals surface area (Å²) in [7, 11) is 1.64. The average molecular weight is 329 g/mol. The highest BCUT2D eigenvalue weighted by molar-refractivity contribution is 5.76. The molecule has 24 heavy (non-hydrogen) atoms. The van der Waals surface area contributed by atoms with E-state index in [4.69, 9.17) is 0 Å². The zero-order valence-corrected chi connectivity index (χ0v) is 14.8. The minimum atomic E-state index is -0.137. The van der Waals surface area contributed by atoms with E-state index in [1.807, 2.05) is 11.8 Å². The van der Waals surface area contributed by atoms with Crippen molar-refractivity contribution in [3.05, 3.63) is 34.9 Å². The number of hydrogen-bond acceptors (Lipinski definition) is 2. The minimum Gasteiger partial charge on any atom is -0.343 e. The maximum Gasteiger partial charge on any atom is 0.315 e. The van der Waals surface area contributed by atoms with E-state index >= 15 is 0 Å². The number of hydrogen-bond donors (Lipinski definition) is 2. The molecule has 3 amide bonds. The number of benzene rings is 1. The van der Waals surface area contributed by atoms with E-state index in [0.29, 0.717) is 6.42 Å². The first-order chi connectivity index (χ1) is 11.5. The maximum atomic E-state index is 12.0. The summed E-state index contributed by atoms with van der Waals surface area (Å²) in [6.45, 7) is 5.66. The highest BCUT2D eigenvalue weighted by atomic mass is 16.2. The van der Waals surface area contributed by atoms with Gasteiger partial charge in [0.1, 0.15) is 0 Å². The number of piperidine rings is 1. The first kappa shape index (κ1) is 16.8. The van der Waals surface area contributed by atoms with Gasteiger partial charge in [-0.3, -0.25) is 4.79 Å². The predicted octanol–water partition coefficient (Wildman–Crippen LogP) is 2.64. The zero-order chi connectivity index (χ0) is 17.3. The van der Waals surface area contributed by atoms with Crippen LogP contribution in [0.4, 0.5) is 4.79 Å². The van der Waals surface area contributed by atoms with Gasteiger partial charge in [0, 0.05) is 32.0 Å². The van der Waals surface area contributed by atoms with Gasteiger partial charge in [-0.1, -0.05) is 30.7 Å². The van der Waals surface area contributed by atoms with Crippen LogP contribution >= 0.6 is 0 Å². The summed E-state index contributed by atoms with van der Waals surface area (Å²) in [6.07, 6.45) is 3.44. The van der Waals surface area contributed by atoms with Crippen molar-refractivity contribution in [2.24, 2.45) is 0 Å². The molecule has 5 heteroatoms. The normalized spacial score (nSPS) is 21.5. The molecule has 1 aliphatic heterocycles. The number of rotatable bonds is 2. The maximum absolute atomic E-state index is 12.0. The van der Waals surface area contributed by atoms with Crippen LogP contribution in [-0.4, -0.2) is 37.0 Å². The van der Waals surface area contributed by atoms with E-state index in [2.05, 4.69) is 35.8 Å². The van der Waals surface area contributed by atoms with Gasteiger partial charge in [-0.15, -0.1) is 0 Å². The van der Waals surface area contributed by atoms with Crippen LogP contribution in [-0.2, 0) is 10.2 Å². The lowest BCUT2D eigenvalue weighted by atomic mass is 9.73. The number of aryl methyl sites for hydroxylation is 1. The zero-order valence-electron chi connectivity index (χ0n) is 14.8. The number of carbonyl (C=O) groups excluding carboxylic acids is 2. The molecule has 2 aliphatic rings. The van der Waals surface area contributed by atoms with E-state index in [1.165, 1.54) is 16.7 Å². The molecule has 0 saturated carbocycles. The Bertz CT molecular complexity index is 648. The molecule has 1 atom stereocenters. The SMILES string of the molecule is CCC(=O)N1CCC2(CC1)C[C@H](NC(=O)NC)c1ccc(C)cc12. The Hall–Kier alpha value is -2.04. The van der Waals surface area contributed by atoms with Crippen LogP contribution in [0.5, 0.6) is 0 Å². The molecule has 5 nitrogen and oxygen atoms in total. The van der Waals surface area contributed by atoms with Gasteiger partial charge in [0.05, 0.1) is 6.04 Å². The van der Waals surface area contributed by atoms with E-state index in [-0.39, 0.29) is 23.4 Å². The van der Waals surface area contributed by atoms with Crippen LogP contribution in [0.2, 0.25) is 0 Å². The molecule has 0 radical (unpaired) electrons. The molecule has 0 bridgehead atoms. The molecule has 3 rings (SSSR count). The van der Waals surface area contributed by atoms with E-state index < -0.39 is 0 Å². The lowest BCUT2D eigenvalue weighted by molar-refractivity contribution is -0.132. The lowest BCUT2D eigenvalue weighted by Crippen LogP contribution is -2.44. The summed E-state index contributed by atoms with van der Waals surface area (Å²) in [5.74, 6) is 0.243. The summed E-state index contributed by atoms with van der Waals surface area (Å²) in [6, 6.07) is 6.46. The number of nitrogens with one attached hydrogen (secondary N) is 2. The van der Waals surface area contributed by atoms with Gasteiger partial charge in [-0.2, -0.15) is 0 Å². The molecule has 1 aliphatic carbocycles. The monoisotopic (exact) mass is 329 g/mol. The quantitative estimate of drug-likeness (QED) is 0.876. The van der Waals surface area contributed by atoms with Crippen molar-refractivity contribution in [3.8, 4) is 0 Å². The first-order valence-corrected chi connectivity index (χ1v) is 8.86. The Morgan fingerprint density at radius 1 is 1.29 bits per heavy atom. The van der Waals surface area contributed by atoms with Gasteiger partial charge in [0.25, 0.3) is 0 Å². The molecule has 130 valence electrons. The molecule has 1 spiro atoms. The van der Waals surface area contributed by atoms with Crippen molar-refractivity contribution in [2.45, 2.75) is 51.0 Å². The van der Waals surface area contributed by atoms with Crippen molar-refractivity contribution in [2.75, 3.05) is 20.1 Å². The summed E-state index contributed by atoms with van der Waals surface area (Å²) >= 11 is 0. The fourth-order valence-corrected chi connectivity index (χ4v) is 4.28. The number of likely N-dealkylation sites (tertiary alicyclic amines) is 1. The van der Waals surface area contributed by atoms with Crippen molar-refractivity contribution in [3.63, 3.8) is 0 Å². The van der Waals surface area contributed by atoms with Crippen LogP contribution in [0.1, 0.15) is 55.3 Å². The van der Waals surface area contributed by atoms with Crippen molar-refractivity contribution in [1.29, 1.82) is 0 Å². The smallest absolute Gasteiger partial charge is 0.315 e. The summed E-state index contributed by atoms with van der Waals surface area (Å²) in [5.41, 5.74) is 3.94. The fraction of sp³-hybridized carbons (Fsp3) is 0.579. The summed E-state index contributed by atoms with van der Waals surface area (Å²) < 4.78 is 0. The van der Waals surface area contributed by atoms with Gasteiger partial charge < -0.3 is 15.5 Å². The predicted molar refractivity (Wildman–Crippen MR) is 93.9 cm³/mol. The van der Waals surface area contributed by atoms with Crippen molar-refractivity contribution in [1.82, 2.24) is 15.5 Å². The minimum absolute atomic E-state index is 0.0500. The largest absolute Gasteiger partial charge is 0.343 e. The second-order valence-electron chi connectivity index (χ2n) is 7.09. The topological polar surface area (TPSA) is 61.4 Å². The second kappa shape index (κ2) is 6.46. The van der Waals surface area contributed by atoms with E-state index in [9.17, 15) is 9.59 Å². The molecule has 1 aromatic carbocycles. The van der Waals surface area contributed by atoms with E-state index in [1.54, 1.807) is 7.05 Å². The van der Waals surface area contributed by atoms with E-state index in [0.717, 1.165) is 32.4 Å². The Balaban J connectivity index is 1.86. The van der Waals surface area contributed by atoms with Gasteiger partial charge in [0.2, 0.25) is 5.91 Å². The number of urea groups is 1. The van der Waals surface area contributed by atoms with Gasteiger partial charge in [-0.25, -0.2) is 4.79 Å². The standard InChI is InChI=1S/C19H27N3O2/c1-4-17(23)22-9-7-19(8-10-22)12-16(21-18(24)20-3)14-6-5-13(2)11-15(14)19/h5-6,11,16H,4,7-10,12H2,1-3H3,(H2,20,21,24)/t16-/m0/s1. The molecule has 0 unspecified atom stereocenters. The van der Waals surface area contributed by atoms with Crippen LogP contribution in [0.25, 0.3) is 0 Å². The summed E-state index contributed by atoms with van der Waals surface area (Å²) in [5, 5.41) is 5.74. The molecular formula is C19H27N3O2. The highest BCUT2D eigenvalue weighted by Gasteiger charge is 2.46. The Morgan fingerprint density at radius 2 is 2.00 bits per heavy atom. The van der Waals surface area contributed by atoms with Crippen molar-refractivity contribution >= 4 is 11.9 Å². The number of carbonyl (C=O) groups is 2. The number of amides is 3. The van der Waals surface area contributed by atoms with Gasteiger partial charge in [0.15, 0.2) is 0 Å². The first-order valence-electron chi connectivity index (χ1n) is 8.86. The number of fused-ring (bicyclic) bond motifs is 2. The van der Waals surface area contributed by atoms with Crippen molar-refractivity contribution < 1.29 is 9.59 Å². The Labute approximate surface area is 143 Å². The van der Waals surface area contributed by atoms with Crippen LogP contribution in [0, 0.1) is 6.92 Å². The fourth-order valence-electron chi connectivity index (χ4n) is 4.28. The average Bonchev–Trinajstić information content (AvgIpc) is 2.87. The molecular weight excluding hydrogens is 302 g/mol. The molecule has 1 heterocycles. The number of nitrogens with zero attached hydrogens (tertiary/aromatic N) is 1. The molecule has 2 N–H and O–H groups in total. The highest BCUT2D eigenvalue weighted by Crippen LogP contribution is 2.51. The lowest BCUT2D eigenvalue weighted by Gasteiger charge is -2.40. The molecule has 0 aromatic heterocycles. The third-order valence-electron chi connectivity index (χ3n) is 5.66. The van der Waals surface area contributed by atoms with Crippen LogP contribution in [0.15, 0.2) is 18.2 Å². The Morgan fingerprint density at radius 3 is 2.62 bits per heavy atom. The van der Waals surface area contributed by atoms with Crippen LogP contribution in [0.3, 0.4) is 0 Å². The molecule has 1 saturated heterocycles.